The second-order valence-electron chi connectivity index (χ2n) is 6.12. The van der Waals surface area contributed by atoms with Crippen molar-refractivity contribution in [3.8, 4) is 0 Å². The maximum absolute atomic E-state index is 12.6. The fourth-order valence-electron chi connectivity index (χ4n) is 2.68. The van der Waals surface area contributed by atoms with E-state index in [9.17, 15) is 18.0 Å². The van der Waals surface area contributed by atoms with Crippen molar-refractivity contribution < 1.29 is 18.0 Å². The molecule has 2 heterocycles. The van der Waals surface area contributed by atoms with E-state index in [1.165, 1.54) is 4.31 Å². The maximum atomic E-state index is 12.6. The van der Waals surface area contributed by atoms with E-state index in [-0.39, 0.29) is 35.0 Å². The van der Waals surface area contributed by atoms with Crippen LogP contribution in [0.4, 0.5) is 0 Å². The van der Waals surface area contributed by atoms with Crippen molar-refractivity contribution in [3.63, 3.8) is 0 Å². The van der Waals surface area contributed by atoms with Crippen LogP contribution in [0.25, 0.3) is 0 Å². The average molecular weight is 388 g/mol. The van der Waals surface area contributed by atoms with Crippen LogP contribution < -0.4 is 10.6 Å². The molecule has 1 fully saturated rings. The molecular formula is C16H25N3O4S2. The molecule has 2 rings (SSSR count). The monoisotopic (exact) mass is 387 g/mol. The third-order valence-electron chi connectivity index (χ3n) is 4.24. The zero-order valence-corrected chi connectivity index (χ0v) is 16.2. The number of nitrogens with one attached hydrogen (secondary N) is 2. The molecule has 1 aliphatic heterocycles. The van der Waals surface area contributed by atoms with Crippen molar-refractivity contribution >= 4 is 33.2 Å². The van der Waals surface area contributed by atoms with Crippen LogP contribution in [0.5, 0.6) is 0 Å². The average Bonchev–Trinajstić information content (AvgIpc) is 3.26. The van der Waals surface area contributed by atoms with Crippen molar-refractivity contribution in [1.82, 2.24) is 14.9 Å². The Balaban J connectivity index is 1.90. The predicted molar refractivity (Wildman–Crippen MR) is 96.8 cm³/mol. The van der Waals surface area contributed by atoms with Crippen molar-refractivity contribution in [1.29, 1.82) is 0 Å². The van der Waals surface area contributed by atoms with Gasteiger partial charge < -0.3 is 10.6 Å². The highest BCUT2D eigenvalue weighted by atomic mass is 32.2. The third kappa shape index (κ3) is 5.02. The van der Waals surface area contributed by atoms with Gasteiger partial charge >= 0.3 is 0 Å². The third-order valence-corrected chi connectivity index (χ3v) is 7.52. The second-order valence-corrected chi connectivity index (χ2v) is 9.19. The quantitative estimate of drug-likeness (QED) is 0.703. The first-order chi connectivity index (χ1) is 11.9. The lowest BCUT2D eigenvalue weighted by Crippen LogP contribution is -2.46. The molecule has 2 unspecified atom stereocenters. The fraction of sp³-hybridized carbons (Fsp3) is 0.625. The van der Waals surface area contributed by atoms with Gasteiger partial charge in [-0.25, -0.2) is 8.42 Å². The SMILES string of the molecule is CCC(C)NC(=O)CCNC(=O)C1CCCN1S(=O)(=O)c1cccs1. The second kappa shape index (κ2) is 8.77. The smallest absolute Gasteiger partial charge is 0.253 e. The Morgan fingerprint density at radius 1 is 1.44 bits per heavy atom. The van der Waals surface area contributed by atoms with Crippen LogP contribution in [0.15, 0.2) is 21.7 Å². The summed E-state index contributed by atoms with van der Waals surface area (Å²) in [7, 11) is -3.64. The maximum Gasteiger partial charge on any atom is 0.253 e. The number of carbonyl (C=O) groups is 2. The van der Waals surface area contributed by atoms with E-state index in [4.69, 9.17) is 0 Å². The van der Waals surface area contributed by atoms with Gasteiger partial charge in [-0.1, -0.05) is 13.0 Å². The molecule has 25 heavy (non-hydrogen) atoms. The lowest BCUT2D eigenvalue weighted by atomic mass is 10.2. The standard InChI is InChI=1S/C16H25N3O4S2/c1-3-12(2)18-14(20)8-9-17-16(21)13-6-4-10-19(13)25(22,23)15-7-5-11-24-15/h5,7,11-13H,3-4,6,8-10H2,1-2H3,(H,17,21)(H,18,20). The van der Waals surface area contributed by atoms with Gasteiger partial charge in [0.1, 0.15) is 10.3 Å². The number of sulfonamides is 1. The first-order valence-electron chi connectivity index (χ1n) is 8.48. The summed E-state index contributed by atoms with van der Waals surface area (Å²) in [6.45, 7) is 4.44. The van der Waals surface area contributed by atoms with Gasteiger partial charge in [-0.3, -0.25) is 9.59 Å². The highest BCUT2D eigenvalue weighted by molar-refractivity contribution is 7.91. The summed E-state index contributed by atoms with van der Waals surface area (Å²) in [5.74, 6) is -0.460. The highest BCUT2D eigenvalue weighted by Crippen LogP contribution is 2.28. The Kier molecular flexibility index (Phi) is 6.97. The number of thiophene rings is 1. The van der Waals surface area contributed by atoms with Crippen molar-refractivity contribution in [2.24, 2.45) is 0 Å². The van der Waals surface area contributed by atoms with Crippen LogP contribution in [-0.2, 0) is 19.6 Å². The highest BCUT2D eigenvalue weighted by Gasteiger charge is 2.39. The van der Waals surface area contributed by atoms with Crippen LogP contribution in [0, 0.1) is 0 Å². The van der Waals surface area contributed by atoms with Gasteiger partial charge in [0.25, 0.3) is 10.0 Å². The zero-order chi connectivity index (χ0) is 18.4. The summed E-state index contributed by atoms with van der Waals surface area (Å²) in [4.78, 5) is 24.1. The lowest BCUT2D eigenvalue weighted by Gasteiger charge is -2.22. The Labute approximate surface area is 152 Å². The molecule has 2 N–H and O–H groups in total. The molecule has 2 amide bonds. The van der Waals surface area contributed by atoms with Gasteiger partial charge in [0.05, 0.1) is 0 Å². The van der Waals surface area contributed by atoms with Crippen LogP contribution in [0.2, 0.25) is 0 Å². The van der Waals surface area contributed by atoms with E-state index in [0.29, 0.717) is 19.4 Å². The van der Waals surface area contributed by atoms with E-state index in [0.717, 1.165) is 17.8 Å². The number of nitrogens with zero attached hydrogens (tertiary/aromatic N) is 1. The largest absolute Gasteiger partial charge is 0.354 e. The van der Waals surface area contributed by atoms with E-state index in [1.54, 1.807) is 17.5 Å². The van der Waals surface area contributed by atoms with Crippen LogP contribution >= 0.6 is 11.3 Å². The molecule has 9 heteroatoms. The number of hydrogen-bond acceptors (Lipinski definition) is 5. The first kappa shape index (κ1) is 19.9. The van der Waals surface area contributed by atoms with Crippen LogP contribution in [-0.4, -0.2) is 49.7 Å². The minimum absolute atomic E-state index is 0.101. The molecule has 7 nitrogen and oxygen atoms in total. The van der Waals surface area contributed by atoms with Gasteiger partial charge in [0.2, 0.25) is 11.8 Å². The molecule has 0 saturated carbocycles. The summed E-state index contributed by atoms with van der Waals surface area (Å²) in [6, 6.07) is 2.62. The fourth-order valence-corrected chi connectivity index (χ4v) is 5.46. The van der Waals surface area contributed by atoms with E-state index in [1.807, 2.05) is 13.8 Å². The molecule has 1 aromatic heterocycles. The molecule has 140 valence electrons. The molecular weight excluding hydrogens is 362 g/mol. The summed E-state index contributed by atoms with van der Waals surface area (Å²) in [5, 5.41) is 7.22. The van der Waals surface area contributed by atoms with E-state index < -0.39 is 16.1 Å². The normalized spacial score (nSPS) is 19.5. The number of rotatable bonds is 8. The molecule has 2 atom stereocenters. The van der Waals surface area contributed by atoms with Crippen molar-refractivity contribution in [2.75, 3.05) is 13.1 Å². The number of hydrogen-bond donors (Lipinski definition) is 2. The topological polar surface area (TPSA) is 95.6 Å². The summed E-state index contributed by atoms with van der Waals surface area (Å²) < 4.78 is 26.8. The van der Waals surface area contributed by atoms with Gasteiger partial charge in [0.15, 0.2) is 0 Å². The van der Waals surface area contributed by atoms with Gasteiger partial charge in [-0.05, 0) is 37.6 Å². The summed E-state index contributed by atoms with van der Waals surface area (Å²) in [6.07, 6.45) is 2.17. The number of amides is 2. The summed E-state index contributed by atoms with van der Waals surface area (Å²) >= 11 is 1.15. The molecule has 0 aromatic carbocycles. The summed E-state index contributed by atoms with van der Waals surface area (Å²) in [5.41, 5.74) is 0. The lowest BCUT2D eigenvalue weighted by molar-refractivity contribution is -0.124. The van der Waals surface area contributed by atoms with E-state index in [2.05, 4.69) is 10.6 Å². The molecule has 0 spiro atoms. The molecule has 0 bridgehead atoms. The van der Waals surface area contributed by atoms with Crippen LogP contribution in [0.1, 0.15) is 39.5 Å². The predicted octanol–water partition coefficient (Wildman–Crippen LogP) is 1.32. The van der Waals surface area contributed by atoms with E-state index >= 15 is 0 Å². The minimum atomic E-state index is -3.64. The number of carbonyl (C=O) groups excluding carboxylic acids is 2. The minimum Gasteiger partial charge on any atom is -0.354 e. The van der Waals surface area contributed by atoms with Crippen molar-refractivity contribution in [3.05, 3.63) is 17.5 Å². The first-order valence-corrected chi connectivity index (χ1v) is 10.8. The zero-order valence-electron chi connectivity index (χ0n) is 14.5. The Morgan fingerprint density at radius 3 is 2.84 bits per heavy atom. The van der Waals surface area contributed by atoms with Gasteiger partial charge in [0, 0.05) is 25.6 Å². The van der Waals surface area contributed by atoms with Crippen molar-refractivity contribution in [2.45, 2.75) is 55.8 Å². The van der Waals surface area contributed by atoms with Crippen LogP contribution in [0.3, 0.4) is 0 Å². The molecule has 1 saturated heterocycles. The Hall–Kier alpha value is -1.45. The molecule has 1 aliphatic rings. The van der Waals surface area contributed by atoms with Gasteiger partial charge in [-0.2, -0.15) is 4.31 Å². The van der Waals surface area contributed by atoms with Gasteiger partial charge in [-0.15, -0.1) is 11.3 Å². The Morgan fingerprint density at radius 2 is 2.20 bits per heavy atom. The molecule has 1 aromatic rings. The molecule has 0 radical (unpaired) electrons. The molecule has 0 aliphatic carbocycles. The Bertz CT molecular complexity index is 688.